The Hall–Kier alpha value is -0.780. The summed E-state index contributed by atoms with van der Waals surface area (Å²) in [6.07, 6.45) is -0.640. The highest BCUT2D eigenvalue weighted by atomic mass is 79.9. The first kappa shape index (κ1) is 14.3. The monoisotopic (exact) mass is 321 g/mol. The second-order valence-electron chi connectivity index (χ2n) is 3.35. The largest absolute Gasteiger partial charge is 0.480 e. The summed E-state index contributed by atoms with van der Waals surface area (Å²) < 4.78 is 6.15. The maximum absolute atomic E-state index is 11.5. The predicted molar refractivity (Wildman–Crippen MR) is 69.3 cm³/mol. The molecule has 0 saturated heterocycles. The molecule has 0 aliphatic heterocycles. The van der Waals surface area contributed by atoms with Crippen molar-refractivity contribution in [2.45, 2.75) is 13.0 Å². The van der Waals surface area contributed by atoms with Crippen LogP contribution in [-0.2, 0) is 4.79 Å². The molecule has 0 spiro atoms. The third kappa shape index (κ3) is 4.53. The normalized spacial score (nSPS) is 12.0. The molecular formula is C11H13BrClNO3. The van der Waals surface area contributed by atoms with Gasteiger partial charge in [-0.1, -0.05) is 11.6 Å². The summed E-state index contributed by atoms with van der Waals surface area (Å²) in [4.78, 5) is 11.5. The van der Waals surface area contributed by atoms with Crippen molar-refractivity contribution in [1.82, 2.24) is 5.32 Å². The SMILES string of the molecule is CC(Oc1ccc(Cl)cc1Br)C(=O)NCCO. The summed E-state index contributed by atoms with van der Waals surface area (Å²) in [5.74, 6) is 0.266. The average Bonchev–Trinajstić information content (AvgIpc) is 2.29. The topological polar surface area (TPSA) is 58.6 Å². The van der Waals surface area contributed by atoms with Crippen molar-refractivity contribution in [2.24, 2.45) is 0 Å². The van der Waals surface area contributed by atoms with Crippen LogP contribution in [0.25, 0.3) is 0 Å². The first-order valence-electron chi connectivity index (χ1n) is 5.05. The molecule has 0 heterocycles. The lowest BCUT2D eigenvalue weighted by Gasteiger charge is -2.15. The van der Waals surface area contributed by atoms with E-state index in [2.05, 4.69) is 21.2 Å². The summed E-state index contributed by atoms with van der Waals surface area (Å²) in [6.45, 7) is 1.76. The van der Waals surface area contributed by atoms with Crippen molar-refractivity contribution in [3.8, 4) is 5.75 Å². The fourth-order valence-corrected chi connectivity index (χ4v) is 1.91. The number of carbonyl (C=O) groups is 1. The van der Waals surface area contributed by atoms with Gasteiger partial charge in [-0.3, -0.25) is 4.79 Å². The Balaban J connectivity index is 2.61. The molecule has 4 nitrogen and oxygen atoms in total. The minimum Gasteiger partial charge on any atom is -0.480 e. The van der Waals surface area contributed by atoms with E-state index in [1.54, 1.807) is 25.1 Å². The molecule has 0 aliphatic rings. The molecule has 1 atom stereocenters. The van der Waals surface area contributed by atoms with E-state index in [-0.39, 0.29) is 19.1 Å². The van der Waals surface area contributed by atoms with Crippen LogP contribution in [0.3, 0.4) is 0 Å². The number of carbonyl (C=O) groups excluding carboxylic acids is 1. The Morgan fingerprint density at radius 3 is 2.94 bits per heavy atom. The number of aliphatic hydroxyl groups excluding tert-OH is 1. The zero-order chi connectivity index (χ0) is 12.8. The van der Waals surface area contributed by atoms with Crippen molar-refractivity contribution in [3.63, 3.8) is 0 Å². The summed E-state index contributed by atoms with van der Waals surface area (Å²) in [5.41, 5.74) is 0. The molecule has 0 bridgehead atoms. The highest BCUT2D eigenvalue weighted by molar-refractivity contribution is 9.10. The van der Waals surface area contributed by atoms with Gasteiger partial charge in [0.2, 0.25) is 0 Å². The van der Waals surface area contributed by atoms with Crippen LogP contribution in [0.4, 0.5) is 0 Å². The van der Waals surface area contributed by atoms with Gasteiger partial charge in [0.25, 0.3) is 5.91 Å². The maximum Gasteiger partial charge on any atom is 0.260 e. The van der Waals surface area contributed by atoms with Gasteiger partial charge in [0.15, 0.2) is 6.10 Å². The third-order valence-electron chi connectivity index (χ3n) is 1.98. The Morgan fingerprint density at radius 2 is 2.35 bits per heavy atom. The van der Waals surface area contributed by atoms with Crippen LogP contribution < -0.4 is 10.1 Å². The Kier molecular flexibility index (Phi) is 5.74. The van der Waals surface area contributed by atoms with E-state index in [1.165, 1.54) is 0 Å². The zero-order valence-corrected chi connectivity index (χ0v) is 11.6. The van der Waals surface area contributed by atoms with Crippen LogP contribution >= 0.6 is 27.5 Å². The molecule has 1 rings (SSSR count). The molecule has 1 unspecified atom stereocenters. The first-order valence-corrected chi connectivity index (χ1v) is 6.22. The van der Waals surface area contributed by atoms with E-state index >= 15 is 0 Å². The number of nitrogens with one attached hydrogen (secondary N) is 1. The van der Waals surface area contributed by atoms with E-state index in [1.807, 2.05) is 0 Å². The van der Waals surface area contributed by atoms with Gasteiger partial charge in [-0.05, 0) is 41.1 Å². The van der Waals surface area contributed by atoms with Crippen molar-refractivity contribution < 1.29 is 14.6 Å². The second-order valence-corrected chi connectivity index (χ2v) is 4.64. The first-order chi connectivity index (χ1) is 8.04. The molecule has 6 heteroatoms. The fraction of sp³-hybridized carbons (Fsp3) is 0.364. The molecule has 0 saturated carbocycles. The summed E-state index contributed by atoms with van der Waals surface area (Å²) in [5, 5.41) is 11.7. The summed E-state index contributed by atoms with van der Waals surface area (Å²) in [7, 11) is 0. The van der Waals surface area contributed by atoms with Crippen LogP contribution in [0, 0.1) is 0 Å². The van der Waals surface area contributed by atoms with Crippen molar-refractivity contribution >= 4 is 33.4 Å². The molecule has 94 valence electrons. The van der Waals surface area contributed by atoms with Gasteiger partial charge in [-0.15, -0.1) is 0 Å². The van der Waals surface area contributed by atoms with Crippen LogP contribution in [-0.4, -0.2) is 30.3 Å². The number of hydrogen-bond acceptors (Lipinski definition) is 3. The molecule has 1 amide bonds. The number of rotatable bonds is 5. The number of halogens is 2. The Morgan fingerprint density at radius 1 is 1.65 bits per heavy atom. The molecular weight excluding hydrogens is 309 g/mol. The lowest BCUT2D eigenvalue weighted by molar-refractivity contribution is -0.127. The molecule has 1 aromatic carbocycles. The minimum atomic E-state index is -0.640. The third-order valence-corrected chi connectivity index (χ3v) is 2.83. The molecule has 1 aromatic rings. The fourth-order valence-electron chi connectivity index (χ4n) is 1.14. The van der Waals surface area contributed by atoms with Gasteiger partial charge in [0.05, 0.1) is 11.1 Å². The minimum absolute atomic E-state index is 0.0941. The molecule has 17 heavy (non-hydrogen) atoms. The number of benzene rings is 1. The van der Waals surface area contributed by atoms with Crippen LogP contribution in [0.1, 0.15) is 6.92 Å². The lowest BCUT2D eigenvalue weighted by Crippen LogP contribution is -2.37. The van der Waals surface area contributed by atoms with Gasteiger partial charge in [0, 0.05) is 11.6 Å². The van der Waals surface area contributed by atoms with Crippen LogP contribution in [0.15, 0.2) is 22.7 Å². The number of amides is 1. The molecule has 2 N–H and O–H groups in total. The van der Waals surface area contributed by atoms with Gasteiger partial charge in [0.1, 0.15) is 5.75 Å². The number of aliphatic hydroxyl groups is 1. The van der Waals surface area contributed by atoms with Crippen molar-refractivity contribution in [1.29, 1.82) is 0 Å². The van der Waals surface area contributed by atoms with E-state index in [0.717, 1.165) is 0 Å². The highest BCUT2D eigenvalue weighted by Crippen LogP contribution is 2.28. The van der Waals surface area contributed by atoms with Crippen molar-refractivity contribution in [3.05, 3.63) is 27.7 Å². The summed E-state index contributed by atoms with van der Waals surface area (Å²) in [6, 6.07) is 5.05. The van der Waals surface area contributed by atoms with Crippen LogP contribution in [0.2, 0.25) is 5.02 Å². The maximum atomic E-state index is 11.5. The Bertz CT molecular complexity index is 400. The predicted octanol–water partition coefficient (Wildman–Crippen LogP) is 1.98. The standard InChI is InChI=1S/C11H13BrClNO3/c1-7(11(16)14-4-5-15)17-10-3-2-8(13)6-9(10)12/h2-3,6-7,15H,4-5H2,1H3,(H,14,16). The van der Waals surface area contributed by atoms with Crippen LogP contribution in [0.5, 0.6) is 5.75 Å². The van der Waals surface area contributed by atoms with Gasteiger partial charge < -0.3 is 15.2 Å². The van der Waals surface area contributed by atoms with E-state index in [9.17, 15) is 4.79 Å². The molecule has 0 radical (unpaired) electrons. The van der Waals surface area contributed by atoms with E-state index < -0.39 is 6.10 Å². The zero-order valence-electron chi connectivity index (χ0n) is 9.24. The van der Waals surface area contributed by atoms with E-state index in [0.29, 0.717) is 15.2 Å². The lowest BCUT2D eigenvalue weighted by atomic mass is 10.3. The summed E-state index contributed by atoms with van der Waals surface area (Å²) >= 11 is 9.09. The molecule has 0 fully saturated rings. The number of hydrogen-bond donors (Lipinski definition) is 2. The van der Waals surface area contributed by atoms with E-state index in [4.69, 9.17) is 21.4 Å². The second kappa shape index (κ2) is 6.83. The number of ether oxygens (including phenoxy) is 1. The Labute approximate surface area is 113 Å². The molecule has 0 aromatic heterocycles. The van der Waals surface area contributed by atoms with Gasteiger partial charge in [-0.25, -0.2) is 0 Å². The average molecular weight is 323 g/mol. The van der Waals surface area contributed by atoms with Crippen molar-refractivity contribution in [2.75, 3.05) is 13.2 Å². The quantitative estimate of drug-likeness (QED) is 0.871. The highest BCUT2D eigenvalue weighted by Gasteiger charge is 2.15. The molecule has 0 aliphatic carbocycles. The van der Waals surface area contributed by atoms with Gasteiger partial charge in [-0.2, -0.15) is 0 Å². The van der Waals surface area contributed by atoms with Gasteiger partial charge >= 0.3 is 0 Å². The smallest absolute Gasteiger partial charge is 0.260 e.